The minimum atomic E-state index is -0.0823. The van der Waals surface area contributed by atoms with Gasteiger partial charge in [-0.1, -0.05) is 29.8 Å². The number of carbonyl (C=O) groups excluding carboxylic acids is 2. The molecule has 1 saturated carbocycles. The molecule has 5 heteroatoms. The summed E-state index contributed by atoms with van der Waals surface area (Å²) in [6.45, 7) is 0.123. The first-order valence-corrected chi connectivity index (χ1v) is 7.21. The van der Waals surface area contributed by atoms with E-state index in [1.54, 1.807) is 7.05 Å². The van der Waals surface area contributed by atoms with Gasteiger partial charge in [0.2, 0.25) is 11.8 Å². The van der Waals surface area contributed by atoms with E-state index >= 15 is 0 Å². The zero-order valence-corrected chi connectivity index (χ0v) is 12.3. The van der Waals surface area contributed by atoms with Gasteiger partial charge in [-0.05, 0) is 30.9 Å². The van der Waals surface area contributed by atoms with Crippen LogP contribution in [0.3, 0.4) is 0 Å². The molecule has 1 aromatic rings. The van der Waals surface area contributed by atoms with Gasteiger partial charge in [-0.15, -0.1) is 0 Å². The third-order valence-electron chi connectivity index (χ3n) is 3.32. The first-order chi connectivity index (χ1) is 9.56. The highest BCUT2D eigenvalue weighted by molar-refractivity contribution is 6.31. The number of nitrogens with one attached hydrogen (secondary N) is 1. The van der Waals surface area contributed by atoms with Gasteiger partial charge in [0.15, 0.2) is 0 Å². The SMILES string of the molecule is CN(CC(=O)NC1CC1)C(=O)CCc1ccccc1Cl. The largest absolute Gasteiger partial charge is 0.352 e. The third-order valence-corrected chi connectivity index (χ3v) is 3.68. The molecule has 0 atom stereocenters. The Balaban J connectivity index is 1.75. The molecule has 0 saturated heterocycles. The minimum absolute atomic E-state index is 0.0455. The lowest BCUT2D eigenvalue weighted by atomic mass is 10.1. The highest BCUT2D eigenvalue weighted by Gasteiger charge is 2.24. The Hall–Kier alpha value is -1.55. The summed E-state index contributed by atoms with van der Waals surface area (Å²) < 4.78 is 0. The van der Waals surface area contributed by atoms with Crippen LogP contribution in [0.25, 0.3) is 0 Å². The molecule has 1 fully saturated rings. The topological polar surface area (TPSA) is 49.4 Å². The van der Waals surface area contributed by atoms with Crippen LogP contribution in [0.15, 0.2) is 24.3 Å². The highest BCUT2D eigenvalue weighted by Crippen LogP contribution is 2.18. The number of hydrogen-bond acceptors (Lipinski definition) is 2. The van der Waals surface area contributed by atoms with E-state index in [4.69, 9.17) is 11.6 Å². The van der Waals surface area contributed by atoms with Crippen LogP contribution in [-0.4, -0.2) is 36.3 Å². The van der Waals surface area contributed by atoms with E-state index in [9.17, 15) is 9.59 Å². The van der Waals surface area contributed by atoms with Crippen molar-refractivity contribution in [3.8, 4) is 0 Å². The lowest BCUT2D eigenvalue weighted by Gasteiger charge is -2.16. The van der Waals surface area contributed by atoms with Crippen LogP contribution < -0.4 is 5.32 Å². The van der Waals surface area contributed by atoms with E-state index in [-0.39, 0.29) is 18.4 Å². The van der Waals surface area contributed by atoms with Gasteiger partial charge in [0.25, 0.3) is 0 Å². The Morgan fingerprint density at radius 3 is 2.70 bits per heavy atom. The summed E-state index contributed by atoms with van der Waals surface area (Å²) in [6, 6.07) is 7.82. The molecule has 4 nitrogen and oxygen atoms in total. The smallest absolute Gasteiger partial charge is 0.239 e. The minimum Gasteiger partial charge on any atom is -0.352 e. The van der Waals surface area contributed by atoms with Gasteiger partial charge in [0, 0.05) is 24.5 Å². The maximum atomic E-state index is 12.0. The predicted molar refractivity (Wildman–Crippen MR) is 78.6 cm³/mol. The van der Waals surface area contributed by atoms with Crippen LogP contribution >= 0.6 is 11.6 Å². The van der Waals surface area contributed by atoms with E-state index < -0.39 is 0 Å². The first kappa shape index (κ1) is 14.9. The van der Waals surface area contributed by atoms with Crippen molar-refractivity contribution in [1.82, 2.24) is 10.2 Å². The fraction of sp³-hybridized carbons (Fsp3) is 0.467. The normalized spacial score (nSPS) is 13.9. The van der Waals surface area contributed by atoms with Crippen LogP contribution in [0.5, 0.6) is 0 Å². The molecule has 0 spiro atoms. The Bertz CT molecular complexity index is 500. The van der Waals surface area contributed by atoms with Crippen LogP contribution in [0.1, 0.15) is 24.8 Å². The van der Waals surface area contributed by atoms with Crippen molar-refractivity contribution in [2.75, 3.05) is 13.6 Å². The molecule has 0 radical (unpaired) electrons. The first-order valence-electron chi connectivity index (χ1n) is 6.83. The van der Waals surface area contributed by atoms with Crippen LogP contribution in [0, 0.1) is 0 Å². The number of halogens is 1. The molecule has 0 bridgehead atoms. The zero-order chi connectivity index (χ0) is 14.5. The van der Waals surface area contributed by atoms with Gasteiger partial charge < -0.3 is 10.2 Å². The van der Waals surface area contributed by atoms with Gasteiger partial charge >= 0.3 is 0 Å². The second-order valence-corrected chi connectivity index (χ2v) is 5.59. The van der Waals surface area contributed by atoms with Gasteiger partial charge in [0.05, 0.1) is 6.54 Å². The number of rotatable bonds is 6. The van der Waals surface area contributed by atoms with Gasteiger partial charge in [0.1, 0.15) is 0 Å². The third kappa shape index (κ3) is 4.53. The summed E-state index contributed by atoms with van der Waals surface area (Å²) in [7, 11) is 1.65. The van der Waals surface area contributed by atoms with Crippen molar-refractivity contribution in [2.45, 2.75) is 31.7 Å². The van der Waals surface area contributed by atoms with Crippen LogP contribution in [-0.2, 0) is 16.0 Å². The molecule has 1 aromatic carbocycles. The summed E-state index contributed by atoms with van der Waals surface area (Å²) >= 11 is 6.05. The van der Waals surface area contributed by atoms with E-state index in [1.807, 2.05) is 24.3 Å². The fourth-order valence-electron chi connectivity index (χ4n) is 1.94. The molecule has 2 rings (SSSR count). The molecule has 1 N–H and O–H groups in total. The second kappa shape index (κ2) is 6.75. The van der Waals surface area contributed by atoms with Crippen molar-refractivity contribution in [3.05, 3.63) is 34.9 Å². The lowest BCUT2D eigenvalue weighted by molar-refractivity contribution is -0.134. The van der Waals surface area contributed by atoms with Crippen LogP contribution in [0.4, 0.5) is 0 Å². The summed E-state index contributed by atoms with van der Waals surface area (Å²) in [5, 5.41) is 3.54. The Labute approximate surface area is 124 Å². The van der Waals surface area contributed by atoms with Gasteiger partial charge in [-0.2, -0.15) is 0 Å². The molecule has 0 heterocycles. The molecule has 1 aliphatic carbocycles. The van der Waals surface area contributed by atoms with Crippen molar-refractivity contribution >= 4 is 23.4 Å². The van der Waals surface area contributed by atoms with Crippen molar-refractivity contribution < 1.29 is 9.59 Å². The number of carbonyl (C=O) groups is 2. The monoisotopic (exact) mass is 294 g/mol. The molecular weight excluding hydrogens is 276 g/mol. The molecular formula is C15H19ClN2O2. The molecule has 2 amide bonds. The maximum Gasteiger partial charge on any atom is 0.239 e. The molecule has 108 valence electrons. The van der Waals surface area contributed by atoms with Crippen LogP contribution in [0.2, 0.25) is 5.02 Å². The number of benzene rings is 1. The Morgan fingerprint density at radius 1 is 1.35 bits per heavy atom. The summed E-state index contributed by atoms with van der Waals surface area (Å²) in [6.07, 6.45) is 3.05. The van der Waals surface area contributed by atoms with Crippen molar-refractivity contribution in [2.24, 2.45) is 0 Å². The Kier molecular flexibility index (Phi) is 5.01. The van der Waals surface area contributed by atoms with E-state index in [1.165, 1.54) is 4.90 Å². The van der Waals surface area contributed by atoms with E-state index in [0.717, 1.165) is 18.4 Å². The molecule has 20 heavy (non-hydrogen) atoms. The second-order valence-electron chi connectivity index (χ2n) is 5.18. The molecule has 0 aromatic heterocycles. The van der Waals surface area contributed by atoms with Crippen molar-refractivity contribution in [3.63, 3.8) is 0 Å². The number of nitrogens with zero attached hydrogens (tertiary/aromatic N) is 1. The number of likely N-dealkylation sites (N-methyl/N-ethyl adjacent to an activating group) is 1. The lowest BCUT2D eigenvalue weighted by Crippen LogP contribution is -2.39. The quantitative estimate of drug-likeness (QED) is 0.872. The average Bonchev–Trinajstić information content (AvgIpc) is 3.21. The fourth-order valence-corrected chi connectivity index (χ4v) is 2.17. The molecule has 0 unspecified atom stereocenters. The highest BCUT2D eigenvalue weighted by atomic mass is 35.5. The molecule has 0 aliphatic heterocycles. The number of amides is 2. The standard InChI is InChI=1S/C15H19ClN2O2/c1-18(10-14(19)17-12-7-8-12)15(20)9-6-11-4-2-3-5-13(11)16/h2-5,12H,6-10H2,1H3,(H,17,19). The van der Waals surface area contributed by atoms with E-state index in [0.29, 0.717) is 23.9 Å². The summed E-state index contributed by atoms with van der Waals surface area (Å²) in [5.41, 5.74) is 0.957. The summed E-state index contributed by atoms with van der Waals surface area (Å²) in [5.74, 6) is -0.128. The van der Waals surface area contributed by atoms with Gasteiger partial charge in [-0.3, -0.25) is 9.59 Å². The molecule has 1 aliphatic rings. The Morgan fingerprint density at radius 2 is 2.05 bits per heavy atom. The zero-order valence-electron chi connectivity index (χ0n) is 11.6. The average molecular weight is 295 g/mol. The number of aryl methyl sites for hydroxylation is 1. The summed E-state index contributed by atoms with van der Waals surface area (Å²) in [4.78, 5) is 25.0. The predicted octanol–water partition coefficient (Wildman–Crippen LogP) is 2.01. The van der Waals surface area contributed by atoms with Crippen molar-refractivity contribution in [1.29, 1.82) is 0 Å². The number of hydrogen-bond donors (Lipinski definition) is 1. The van der Waals surface area contributed by atoms with E-state index in [2.05, 4.69) is 5.32 Å². The van der Waals surface area contributed by atoms with Gasteiger partial charge in [-0.25, -0.2) is 0 Å². The maximum absolute atomic E-state index is 12.0.